The molecule has 0 aliphatic heterocycles. The zero-order valence-electron chi connectivity index (χ0n) is 20.9. The highest BCUT2D eigenvalue weighted by atomic mass is 35.5. The molecule has 2 aromatic rings. The molecule has 0 fully saturated rings. The van der Waals surface area contributed by atoms with Crippen molar-refractivity contribution in [2.45, 2.75) is 85.0 Å². The number of anilines is 1. The molecule has 2 rings (SSSR count). The Kier molecular flexibility index (Phi) is 9.12. The number of ether oxygens (including phenoxy) is 1. The van der Waals surface area contributed by atoms with E-state index in [1.54, 1.807) is 6.92 Å². The fraction of sp³-hybridized carbons (Fsp3) is 0.519. The number of halogens is 2. The molecule has 0 saturated heterocycles. The number of aromatic hydroxyl groups is 1. The number of hydrogen-bond donors (Lipinski definition) is 2. The summed E-state index contributed by atoms with van der Waals surface area (Å²) in [4.78, 5) is 12.4. The molecule has 0 aliphatic rings. The molecule has 4 nitrogen and oxygen atoms in total. The Balaban J connectivity index is 2.05. The van der Waals surface area contributed by atoms with Crippen LogP contribution in [0.5, 0.6) is 11.5 Å². The Morgan fingerprint density at radius 1 is 1.06 bits per heavy atom. The summed E-state index contributed by atoms with van der Waals surface area (Å²) in [7, 11) is 0. The van der Waals surface area contributed by atoms with Crippen LogP contribution in [0.3, 0.4) is 0 Å². The SMILES string of the molecule is CCC(C)(C)c1ccc(OCCCC(=O)Nc2cc(Cl)c(C)c(Cl)c2O)c(C(C)(C)CC)c1. The van der Waals surface area contributed by atoms with Crippen LogP contribution in [0.1, 0.15) is 83.9 Å². The zero-order valence-corrected chi connectivity index (χ0v) is 22.4. The molecule has 0 radical (unpaired) electrons. The summed E-state index contributed by atoms with van der Waals surface area (Å²) < 4.78 is 6.13. The molecule has 1 amide bonds. The highest BCUT2D eigenvalue weighted by molar-refractivity contribution is 6.37. The molecular weight excluding hydrogens is 457 g/mol. The van der Waals surface area contributed by atoms with Gasteiger partial charge in [0.25, 0.3) is 0 Å². The van der Waals surface area contributed by atoms with E-state index in [1.165, 1.54) is 17.2 Å². The largest absolute Gasteiger partial charge is 0.504 e. The lowest BCUT2D eigenvalue weighted by Crippen LogP contribution is -2.21. The molecule has 0 spiro atoms. The van der Waals surface area contributed by atoms with Crippen LogP contribution in [0.2, 0.25) is 10.0 Å². The van der Waals surface area contributed by atoms with Crippen LogP contribution in [0, 0.1) is 6.92 Å². The third kappa shape index (κ3) is 6.58. The monoisotopic (exact) mass is 493 g/mol. The maximum atomic E-state index is 12.4. The molecule has 0 atom stereocenters. The zero-order chi connectivity index (χ0) is 25.0. The van der Waals surface area contributed by atoms with Crippen molar-refractivity contribution in [1.82, 2.24) is 0 Å². The summed E-state index contributed by atoms with van der Waals surface area (Å²) in [6, 6.07) is 8.00. The van der Waals surface area contributed by atoms with E-state index in [4.69, 9.17) is 27.9 Å². The van der Waals surface area contributed by atoms with E-state index in [1.807, 2.05) is 0 Å². The van der Waals surface area contributed by atoms with Crippen LogP contribution in [0.4, 0.5) is 5.69 Å². The average molecular weight is 495 g/mol. The lowest BCUT2D eigenvalue weighted by molar-refractivity contribution is -0.116. The van der Waals surface area contributed by atoms with E-state index >= 15 is 0 Å². The van der Waals surface area contributed by atoms with Crippen molar-refractivity contribution >= 4 is 34.8 Å². The first-order chi connectivity index (χ1) is 15.3. The number of rotatable bonds is 10. The van der Waals surface area contributed by atoms with Crippen LogP contribution in [0.25, 0.3) is 0 Å². The van der Waals surface area contributed by atoms with Crippen molar-refractivity contribution in [1.29, 1.82) is 0 Å². The van der Waals surface area contributed by atoms with Crippen LogP contribution >= 0.6 is 23.2 Å². The fourth-order valence-corrected chi connectivity index (χ4v) is 3.88. The molecule has 0 saturated carbocycles. The molecule has 6 heteroatoms. The molecule has 182 valence electrons. The second kappa shape index (κ2) is 11.0. The van der Waals surface area contributed by atoms with Crippen molar-refractivity contribution in [3.8, 4) is 11.5 Å². The average Bonchev–Trinajstić information content (AvgIpc) is 2.78. The topological polar surface area (TPSA) is 58.6 Å². The van der Waals surface area contributed by atoms with Gasteiger partial charge in [-0.1, -0.05) is 76.9 Å². The van der Waals surface area contributed by atoms with Gasteiger partial charge in [0.05, 0.1) is 17.3 Å². The molecule has 0 unspecified atom stereocenters. The summed E-state index contributed by atoms with van der Waals surface area (Å²) in [6.07, 6.45) is 2.83. The Hall–Kier alpha value is -1.91. The highest BCUT2D eigenvalue weighted by Gasteiger charge is 2.26. The lowest BCUT2D eigenvalue weighted by Gasteiger charge is -2.30. The number of carbonyl (C=O) groups is 1. The molecule has 0 aromatic heterocycles. The van der Waals surface area contributed by atoms with Gasteiger partial charge < -0.3 is 15.2 Å². The Morgan fingerprint density at radius 2 is 1.70 bits per heavy atom. The van der Waals surface area contributed by atoms with Crippen molar-refractivity contribution in [2.75, 3.05) is 11.9 Å². The molecule has 0 bridgehead atoms. The van der Waals surface area contributed by atoms with Crippen molar-refractivity contribution in [3.63, 3.8) is 0 Å². The van der Waals surface area contributed by atoms with Gasteiger partial charge in [-0.2, -0.15) is 0 Å². The normalized spacial score (nSPS) is 12.0. The van der Waals surface area contributed by atoms with Gasteiger partial charge in [0.1, 0.15) is 5.75 Å². The van der Waals surface area contributed by atoms with Crippen molar-refractivity contribution in [3.05, 3.63) is 51.0 Å². The molecule has 33 heavy (non-hydrogen) atoms. The number of amides is 1. The minimum atomic E-state index is -0.237. The van der Waals surface area contributed by atoms with Gasteiger partial charge in [0, 0.05) is 17.0 Å². The Labute approximate surface area is 208 Å². The Bertz CT molecular complexity index is 999. The number of phenols is 1. The minimum absolute atomic E-state index is 0.0198. The quantitative estimate of drug-likeness (QED) is 0.259. The number of hydrogen-bond acceptors (Lipinski definition) is 3. The fourth-order valence-electron chi connectivity index (χ4n) is 3.43. The maximum absolute atomic E-state index is 12.4. The van der Waals surface area contributed by atoms with Gasteiger partial charge in [0.15, 0.2) is 5.75 Å². The van der Waals surface area contributed by atoms with E-state index in [-0.39, 0.29) is 39.6 Å². The number of nitrogens with one attached hydrogen (secondary N) is 1. The second-order valence-corrected chi connectivity index (χ2v) is 10.7. The first-order valence-electron chi connectivity index (χ1n) is 11.6. The molecule has 2 aromatic carbocycles. The van der Waals surface area contributed by atoms with E-state index in [9.17, 15) is 9.90 Å². The summed E-state index contributed by atoms with van der Waals surface area (Å²) in [6.45, 7) is 15.5. The first-order valence-corrected chi connectivity index (χ1v) is 12.3. The predicted octanol–water partition coefficient (Wildman–Crippen LogP) is 8.18. The number of phenolic OH excluding ortho intramolecular Hbond substituents is 1. The van der Waals surface area contributed by atoms with Gasteiger partial charge in [-0.3, -0.25) is 4.79 Å². The van der Waals surface area contributed by atoms with Gasteiger partial charge in [-0.05, 0) is 60.3 Å². The molecular formula is C27H37Cl2NO3. The van der Waals surface area contributed by atoms with Crippen LogP contribution in [0.15, 0.2) is 24.3 Å². The van der Waals surface area contributed by atoms with Crippen molar-refractivity contribution in [2.24, 2.45) is 0 Å². The third-order valence-electron chi connectivity index (χ3n) is 6.76. The highest BCUT2D eigenvalue weighted by Crippen LogP contribution is 2.40. The molecule has 0 aliphatic carbocycles. The van der Waals surface area contributed by atoms with E-state index in [2.05, 4.69) is 65.1 Å². The second-order valence-electron chi connectivity index (χ2n) is 9.88. The smallest absolute Gasteiger partial charge is 0.224 e. The number of carbonyl (C=O) groups excluding carboxylic acids is 1. The van der Waals surface area contributed by atoms with Crippen molar-refractivity contribution < 1.29 is 14.6 Å². The maximum Gasteiger partial charge on any atom is 0.224 e. The van der Waals surface area contributed by atoms with Crippen LogP contribution in [-0.2, 0) is 15.6 Å². The van der Waals surface area contributed by atoms with E-state index < -0.39 is 0 Å². The van der Waals surface area contributed by atoms with Gasteiger partial charge >= 0.3 is 0 Å². The standard InChI is InChI=1S/C27H37Cl2NO3/c1-8-26(4,5)18-12-13-22(19(15-18)27(6,7)9-2)33-14-10-11-23(31)30-21-16-20(28)17(3)24(29)25(21)32/h12-13,15-16,32H,8-11,14H2,1-7H3,(H,30,31). The number of benzene rings is 2. The van der Waals surface area contributed by atoms with Crippen LogP contribution < -0.4 is 10.1 Å². The van der Waals surface area contributed by atoms with E-state index in [0.717, 1.165) is 18.6 Å². The first kappa shape index (κ1) is 27.3. The molecule has 2 N–H and O–H groups in total. The van der Waals surface area contributed by atoms with Gasteiger partial charge in [-0.25, -0.2) is 0 Å². The van der Waals surface area contributed by atoms with E-state index in [0.29, 0.717) is 23.6 Å². The summed E-state index contributed by atoms with van der Waals surface area (Å²) >= 11 is 12.2. The minimum Gasteiger partial charge on any atom is -0.504 e. The van der Waals surface area contributed by atoms with Gasteiger partial charge in [0.2, 0.25) is 5.91 Å². The summed E-state index contributed by atoms with van der Waals surface area (Å²) in [5.41, 5.74) is 3.37. The molecule has 0 heterocycles. The predicted molar refractivity (Wildman–Crippen MR) is 139 cm³/mol. The lowest BCUT2D eigenvalue weighted by atomic mass is 9.76. The Morgan fingerprint density at radius 3 is 2.30 bits per heavy atom. The van der Waals surface area contributed by atoms with Gasteiger partial charge in [-0.15, -0.1) is 0 Å². The summed E-state index contributed by atoms with van der Waals surface area (Å²) in [5.74, 6) is 0.455. The van der Waals surface area contributed by atoms with Crippen LogP contribution in [-0.4, -0.2) is 17.6 Å². The third-order valence-corrected chi connectivity index (χ3v) is 7.61. The summed E-state index contributed by atoms with van der Waals surface area (Å²) in [5, 5.41) is 13.4.